The molecule has 2 heterocycles. The highest BCUT2D eigenvalue weighted by atomic mass is 19.1. The van der Waals surface area contributed by atoms with Gasteiger partial charge in [0.05, 0.1) is 31.3 Å². The summed E-state index contributed by atoms with van der Waals surface area (Å²) in [6.45, 7) is 2.48. The lowest BCUT2D eigenvalue weighted by Crippen LogP contribution is -2.43. The van der Waals surface area contributed by atoms with Crippen molar-refractivity contribution in [2.45, 2.75) is 18.9 Å². The molecule has 1 aliphatic rings. The maximum absolute atomic E-state index is 13.6. The monoisotopic (exact) mass is 444 g/mol. The lowest BCUT2D eigenvalue weighted by molar-refractivity contribution is -0.121. The molecule has 0 unspecified atom stereocenters. The molecule has 3 rings (SSSR count). The van der Waals surface area contributed by atoms with E-state index in [-0.39, 0.29) is 34.5 Å². The van der Waals surface area contributed by atoms with Crippen molar-refractivity contribution < 1.29 is 18.7 Å². The lowest BCUT2D eigenvalue weighted by Gasteiger charge is -2.32. The molecule has 2 aromatic rings. The number of likely N-dealkylation sites (N-methyl/N-ethyl adjacent to an activating group) is 1. The second kappa shape index (κ2) is 10.5. The first-order valence-electron chi connectivity index (χ1n) is 10.4. The van der Waals surface area contributed by atoms with E-state index in [2.05, 4.69) is 20.2 Å². The van der Waals surface area contributed by atoms with Gasteiger partial charge in [0.1, 0.15) is 17.4 Å². The van der Waals surface area contributed by atoms with Crippen LogP contribution in [0.3, 0.4) is 0 Å². The van der Waals surface area contributed by atoms with Crippen molar-refractivity contribution in [3.63, 3.8) is 0 Å². The first-order valence-corrected chi connectivity index (χ1v) is 10.4. The Morgan fingerprint density at radius 1 is 1.28 bits per heavy atom. The number of anilines is 2. The predicted molar refractivity (Wildman–Crippen MR) is 119 cm³/mol. The summed E-state index contributed by atoms with van der Waals surface area (Å²) in [5, 5.41) is 3.25. The van der Waals surface area contributed by atoms with E-state index in [9.17, 15) is 14.0 Å². The average molecular weight is 445 g/mol. The number of nitrogens with two attached hydrogens (primary N) is 1. The average Bonchev–Trinajstić information content (AvgIpc) is 2.74. The minimum absolute atomic E-state index is 0.00512. The topological polar surface area (TPSA) is 114 Å². The van der Waals surface area contributed by atoms with Crippen molar-refractivity contribution in [2.24, 2.45) is 0 Å². The summed E-state index contributed by atoms with van der Waals surface area (Å²) in [6.07, 6.45) is 3.01. The number of rotatable bonds is 9. The fourth-order valence-electron chi connectivity index (χ4n) is 3.71. The molecule has 1 aliphatic heterocycles. The van der Waals surface area contributed by atoms with Crippen LogP contribution < -0.4 is 15.8 Å². The number of ether oxygens (including phenoxy) is 1. The fourth-order valence-corrected chi connectivity index (χ4v) is 3.71. The summed E-state index contributed by atoms with van der Waals surface area (Å²) >= 11 is 0. The molecule has 10 heteroatoms. The first-order chi connectivity index (χ1) is 15.3. The van der Waals surface area contributed by atoms with E-state index < -0.39 is 11.6 Å². The summed E-state index contributed by atoms with van der Waals surface area (Å²) in [5.74, 6) is -0.290. The molecule has 0 saturated carbocycles. The molecule has 9 nitrogen and oxygen atoms in total. The Balaban J connectivity index is 1.60. The minimum Gasteiger partial charge on any atom is -0.496 e. The Kier molecular flexibility index (Phi) is 7.70. The Bertz CT molecular complexity index is 976. The van der Waals surface area contributed by atoms with Gasteiger partial charge in [-0.3, -0.25) is 14.5 Å². The van der Waals surface area contributed by atoms with Crippen molar-refractivity contribution >= 4 is 23.3 Å². The number of ketones is 2. The van der Waals surface area contributed by atoms with Crippen molar-refractivity contribution in [2.75, 3.05) is 58.4 Å². The summed E-state index contributed by atoms with van der Waals surface area (Å²) in [7, 11) is 5.17. The van der Waals surface area contributed by atoms with E-state index in [0.29, 0.717) is 19.0 Å². The summed E-state index contributed by atoms with van der Waals surface area (Å²) in [6, 6.07) is 3.84. The van der Waals surface area contributed by atoms with E-state index in [1.54, 1.807) is 0 Å². The van der Waals surface area contributed by atoms with Crippen LogP contribution >= 0.6 is 0 Å². The number of likely N-dealkylation sites (tertiary alicyclic amines) is 1. The van der Waals surface area contributed by atoms with E-state index in [1.807, 2.05) is 19.0 Å². The van der Waals surface area contributed by atoms with Gasteiger partial charge in [0, 0.05) is 25.3 Å². The third-order valence-corrected chi connectivity index (χ3v) is 5.28. The van der Waals surface area contributed by atoms with E-state index >= 15 is 0 Å². The van der Waals surface area contributed by atoms with Gasteiger partial charge in [-0.05, 0) is 45.1 Å². The number of aromatic nitrogens is 2. The molecular formula is C22H29FN6O3. The number of hydrogen-bond acceptors (Lipinski definition) is 9. The smallest absolute Gasteiger partial charge is 0.224 e. The number of nitrogens with zero attached hydrogens (tertiary/aromatic N) is 4. The molecule has 3 N–H and O–H groups in total. The van der Waals surface area contributed by atoms with Gasteiger partial charge < -0.3 is 20.7 Å². The molecule has 0 atom stereocenters. The van der Waals surface area contributed by atoms with Crippen molar-refractivity contribution in [1.29, 1.82) is 0 Å². The quantitative estimate of drug-likeness (QED) is 0.555. The molecule has 0 radical (unpaired) electrons. The Morgan fingerprint density at radius 3 is 2.62 bits per heavy atom. The standard InChI is InChI=1S/C22H29FN6O3/c1-28(2)12-16(30)13-29-8-6-15(7-9-29)26-22-25-11-18(21(24)27-22)20(31)17-10-14(23)4-5-19(17)32-3/h4-5,10-11,15H,6-9,12-13H2,1-3H3,(H3,24,25,26,27). The number of nitrogens with one attached hydrogen (secondary N) is 1. The number of carbonyl (C=O) groups is 2. The molecule has 172 valence electrons. The van der Waals surface area contributed by atoms with Crippen LogP contribution in [-0.2, 0) is 4.79 Å². The second-order valence-electron chi connectivity index (χ2n) is 8.14. The second-order valence-corrected chi connectivity index (χ2v) is 8.14. The Morgan fingerprint density at radius 2 is 2.00 bits per heavy atom. The first kappa shape index (κ1) is 23.6. The fraction of sp³-hybridized carbons (Fsp3) is 0.455. The van der Waals surface area contributed by atoms with Gasteiger partial charge in [-0.1, -0.05) is 0 Å². The van der Waals surface area contributed by atoms with Gasteiger partial charge in [-0.15, -0.1) is 0 Å². The molecule has 1 saturated heterocycles. The van der Waals surface area contributed by atoms with Crippen LogP contribution in [0, 0.1) is 5.82 Å². The number of hydrogen-bond donors (Lipinski definition) is 2. The maximum atomic E-state index is 13.6. The summed E-state index contributed by atoms with van der Waals surface area (Å²) in [5.41, 5.74) is 6.15. The number of carbonyl (C=O) groups excluding carboxylic acids is 2. The Hall–Kier alpha value is -3.11. The van der Waals surface area contributed by atoms with Crippen molar-refractivity contribution in [1.82, 2.24) is 19.8 Å². The zero-order valence-electron chi connectivity index (χ0n) is 18.6. The molecular weight excluding hydrogens is 415 g/mol. The van der Waals surface area contributed by atoms with Gasteiger partial charge in [0.25, 0.3) is 0 Å². The lowest BCUT2D eigenvalue weighted by atomic mass is 10.0. The van der Waals surface area contributed by atoms with Gasteiger partial charge in [-0.2, -0.15) is 4.98 Å². The maximum Gasteiger partial charge on any atom is 0.224 e. The van der Waals surface area contributed by atoms with Crippen LogP contribution in [0.15, 0.2) is 24.4 Å². The molecule has 0 amide bonds. The van der Waals surface area contributed by atoms with E-state index in [1.165, 1.54) is 25.4 Å². The van der Waals surface area contributed by atoms with E-state index in [0.717, 1.165) is 32.0 Å². The number of Topliss-reactive ketones (excluding diaryl/α,β-unsaturated/α-hetero) is 1. The van der Waals surface area contributed by atoms with Crippen molar-refractivity contribution in [3.05, 3.63) is 41.3 Å². The molecule has 1 aromatic carbocycles. The number of methoxy groups -OCH3 is 1. The molecule has 0 bridgehead atoms. The third kappa shape index (κ3) is 5.98. The molecule has 0 spiro atoms. The highest BCUT2D eigenvalue weighted by Crippen LogP contribution is 2.25. The predicted octanol–water partition coefficient (Wildman–Crippen LogP) is 1.44. The van der Waals surface area contributed by atoms with Gasteiger partial charge in [0.15, 0.2) is 5.78 Å². The van der Waals surface area contributed by atoms with Crippen LogP contribution in [0.2, 0.25) is 0 Å². The highest BCUT2D eigenvalue weighted by molar-refractivity contribution is 6.13. The van der Waals surface area contributed by atoms with Crippen LogP contribution in [0.5, 0.6) is 5.75 Å². The molecule has 32 heavy (non-hydrogen) atoms. The summed E-state index contributed by atoms with van der Waals surface area (Å²) < 4.78 is 18.8. The SMILES string of the molecule is COc1ccc(F)cc1C(=O)c1cnc(NC2CCN(CC(=O)CN(C)C)CC2)nc1N. The third-order valence-electron chi connectivity index (χ3n) is 5.28. The number of halogens is 1. The zero-order valence-corrected chi connectivity index (χ0v) is 18.6. The van der Waals surface area contributed by atoms with Crippen LogP contribution in [0.4, 0.5) is 16.2 Å². The highest BCUT2D eigenvalue weighted by Gasteiger charge is 2.23. The minimum atomic E-state index is -0.554. The van der Waals surface area contributed by atoms with Crippen LogP contribution in [0.1, 0.15) is 28.8 Å². The molecule has 0 aliphatic carbocycles. The van der Waals surface area contributed by atoms with Gasteiger partial charge >= 0.3 is 0 Å². The largest absolute Gasteiger partial charge is 0.496 e. The number of piperidine rings is 1. The van der Waals surface area contributed by atoms with E-state index in [4.69, 9.17) is 10.5 Å². The Labute approximate surface area is 186 Å². The van der Waals surface area contributed by atoms with Gasteiger partial charge in [-0.25, -0.2) is 9.37 Å². The number of nitrogen functional groups attached to an aromatic ring is 1. The molecule has 1 fully saturated rings. The summed E-state index contributed by atoms with van der Waals surface area (Å²) in [4.78, 5) is 37.3. The normalized spacial score (nSPS) is 15.0. The van der Waals surface area contributed by atoms with Crippen LogP contribution in [-0.4, -0.2) is 84.8 Å². The molecule has 1 aromatic heterocycles. The zero-order chi connectivity index (χ0) is 23.3. The van der Waals surface area contributed by atoms with Gasteiger partial charge in [0.2, 0.25) is 11.7 Å². The number of benzene rings is 1. The van der Waals surface area contributed by atoms with Crippen LogP contribution in [0.25, 0.3) is 0 Å². The van der Waals surface area contributed by atoms with Crippen molar-refractivity contribution in [3.8, 4) is 5.75 Å².